The molecule has 3 aromatic rings. The van der Waals surface area contributed by atoms with Gasteiger partial charge in [0.2, 0.25) is 5.95 Å². The highest BCUT2D eigenvalue weighted by Gasteiger charge is 2.16. The summed E-state index contributed by atoms with van der Waals surface area (Å²) in [7, 11) is 0. The fourth-order valence-corrected chi connectivity index (χ4v) is 3.06. The SMILES string of the molecule is Cc1ccnc2c1nc(N)n2-c1ccc2c(c1)CCC2. The number of fused-ring (bicyclic) bond motifs is 2. The summed E-state index contributed by atoms with van der Waals surface area (Å²) < 4.78 is 1.95. The van der Waals surface area contributed by atoms with E-state index in [0.717, 1.165) is 28.8 Å². The number of benzene rings is 1. The molecule has 0 atom stereocenters. The fraction of sp³-hybridized carbons (Fsp3) is 0.250. The number of pyridine rings is 1. The summed E-state index contributed by atoms with van der Waals surface area (Å²) in [5, 5.41) is 0. The Balaban J connectivity index is 1.98. The molecule has 4 rings (SSSR count). The van der Waals surface area contributed by atoms with Crippen LogP contribution in [0.1, 0.15) is 23.1 Å². The highest BCUT2D eigenvalue weighted by molar-refractivity contribution is 5.80. The normalized spacial score (nSPS) is 13.8. The minimum absolute atomic E-state index is 0.500. The van der Waals surface area contributed by atoms with Crippen molar-refractivity contribution in [3.8, 4) is 5.69 Å². The summed E-state index contributed by atoms with van der Waals surface area (Å²) in [6, 6.07) is 8.51. The molecular formula is C16H16N4. The molecule has 0 unspecified atom stereocenters. The molecule has 2 aromatic heterocycles. The van der Waals surface area contributed by atoms with E-state index in [1.165, 1.54) is 24.0 Å². The smallest absolute Gasteiger partial charge is 0.207 e. The molecule has 2 N–H and O–H groups in total. The van der Waals surface area contributed by atoms with Crippen LogP contribution < -0.4 is 5.73 Å². The van der Waals surface area contributed by atoms with E-state index < -0.39 is 0 Å². The van der Waals surface area contributed by atoms with Crippen molar-refractivity contribution in [3.05, 3.63) is 47.2 Å². The molecule has 4 heteroatoms. The van der Waals surface area contributed by atoms with Crippen molar-refractivity contribution in [1.82, 2.24) is 14.5 Å². The summed E-state index contributed by atoms with van der Waals surface area (Å²) in [6.45, 7) is 2.03. The highest BCUT2D eigenvalue weighted by Crippen LogP contribution is 2.28. The van der Waals surface area contributed by atoms with Gasteiger partial charge >= 0.3 is 0 Å². The van der Waals surface area contributed by atoms with Crippen molar-refractivity contribution >= 4 is 17.1 Å². The predicted octanol–water partition coefficient (Wildman–Crippen LogP) is 2.80. The van der Waals surface area contributed by atoms with Crippen LogP contribution in [0.4, 0.5) is 5.95 Å². The Morgan fingerprint density at radius 1 is 1.15 bits per heavy atom. The van der Waals surface area contributed by atoms with Crippen LogP contribution in [0.15, 0.2) is 30.5 Å². The molecule has 0 saturated carbocycles. The van der Waals surface area contributed by atoms with Gasteiger partial charge in [-0.15, -0.1) is 0 Å². The van der Waals surface area contributed by atoms with Crippen molar-refractivity contribution < 1.29 is 0 Å². The van der Waals surface area contributed by atoms with Crippen LogP contribution in [0, 0.1) is 6.92 Å². The van der Waals surface area contributed by atoms with E-state index in [-0.39, 0.29) is 0 Å². The average molecular weight is 264 g/mol. The maximum Gasteiger partial charge on any atom is 0.207 e. The number of nitrogens with zero attached hydrogens (tertiary/aromatic N) is 3. The molecule has 1 aliphatic carbocycles. The topological polar surface area (TPSA) is 56.7 Å². The number of anilines is 1. The Hall–Kier alpha value is -2.36. The number of aryl methyl sites for hydroxylation is 3. The summed E-state index contributed by atoms with van der Waals surface area (Å²) in [5.41, 5.74) is 12.9. The molecule has 0 radical (unpaired) electrons. The molecular weight excluding hydrogens is 248 g/mol. The first-order valence-electron chi connectivity index (χ1n) is 6.96. The van der Waals surface area contributed by atoms with Crippen LogP contribution in [0.2, 0.25) is 0 Å². The Kier molecular flexibility index (Phi) is 2.33. The first-order valence-corrected chi connectivity index (χ1v) is 6.96. The van der Waals surface area contributed by atoms with Gasteiger partial charge < -0.3 is 5.73 Å². The van der Waals surface area contributed by atoms with Crippen molar-refractivity contribution in [2.45, 2.75) is 26.2 Å². The van der Waals surface area contributed by atoms with Crippen molar-refractivity contribution in [2.24, 2.45) is 0 Å². The van der Waals surface area contributed by atoms with Gasteiger partial charge in [0, 0.05) is 6.20 Å². The highest BCUT2D eigenvalue weighted by atomic mass is 15.2. The Labute approximate surface area is 117 Å². The number of hydrogen-bond donors (Lipinski definition) is 1. The lowest BCUT2D eigenvalue weighted by Gasteiger charge is -2.08. The first-order chi connectivity index (χ1) is 9.74. The first kappa shape index (κ1) is 11.5. The van der Waals surface area contributed by atoms with Crippen LogP contribution in [-0.4, -0.2) is 14.5 Å². The summed E-state index contributed by atoms with van der Waals surface area (Å²) in [4.78, 5) is 8.91. The van der Waals surface area contributed by atoms with Crippen molar-refractivity contribution in [3.63, 3.8) is 0 Å². The molecule has 0 bridgehead atoms. The third-order valence-corrected chi connectivity index (χ3v) is 4.11. The zero-order valence-corrected chi connectivity index (χ0v) is 11.4. The van der Waals surface area contributed by atoms with E-state index in [0.29, 0.717) is 5.95 Å². The Morgan fingerprint density at radius 2 is 2.00 bits per heavy atom. The standard InChI is InChI=1S/C16H16N4/c1-10-7-8-18-15-14(10)19-16(17)20(15)13-6-5-11-3-2-4-12(11)9-13/h5-9H,2-4H2,1H3,(H2,17,19). The van der Waals surface area contributed by atoms with Gasteiger partial charge in [-0.2, -0.15) is 0 Å². The molecule has 4 nitrogen and oxygen atoms in total. The molecule has 20 heavy (non-hydrogen) atoms. The Morgan fingerprint density at radius 3 is 2.90 bits per heavy atom. The maximum absolute atomic E-state index is 6.11. The molecule has 1 aliphatic rings. The van der Waals surface area contributed by atoms with Gasteiger partial charge in [-0.25, -0.2) is 9.97 Å². The monoisotopic (exact) mass is 264 g/mol. The summed E-state index contributed by atoms with van der Waals surface area (Å²) in [6.07, 6.45) is 5.40. The molecule has 0 amide bonds. The summed E-state index contributed by atoms with van der Waals surface area (Å²) >= 11 is 0. The van der Waals surface area contributed by atoms with Crippen LogP contribution in [-0.2, 0) is 12.8 Å². The molecule has 2 heterocycles. The zero-order valence-electron chi connectivity index (χ0n) is 11.4. The van der Waals surface area contributed by atoms with Crippen LogP contribution in [0.25, 0.3) is 16.9 Å². The van der Waals surface area contributed by atoms with E-state index in [9.17, 15) is 0 Å². The lowest BCUT2D eigenvalue weighted by Crippen LogP contribution is -2.02. The molecule has 0 saturated heterocycles. The molecule has 100 valence electrons. The average Bonchev–Trinajstić information content (AvgIpc) is 3.02. The van der Waals surface area contributed by atoms with E-state index in [1.54, 1.807) is 0 Å². The van der Waals surface area contributed by atoms with Crippen molar-refractivity contribution in [2.75, 3.05) is 5.73 Å². The van der Waals surface area contributed by atoms with Gasteiger partial charge in [-0.1, -0.05) is 6.07 Å². The largest absolute Gasteiger partial charge is 0.369 e. The van der Waals surface area contributed by atoms with E-state index in [4.69, 9.17) is 5.73 Å². The second-order valence-electron chi connectivity index (χ2n) is 5.41. The minimum atomic E-state index is 0.500. The number of hydrogen-bond acceptors (Lipinski definition) is 3. The van der Waals surface area contributed by atoms with Crippen LogP contribution in [0.5, 0.6) is 0 Å². The van der Waals surface area contributed by atoms with E-state index in [1.807, 2.05) is 23.8 Å². The minimum Gasteiger partial charge on any atom is -0.369 e. The fourth-order valence-electron chi connectivity index (χ4n) is 3.06. The lowest BCUT2D eigenvalue weighted by molar-refractivity contribution is 0.911. The van der Waals surface area contributed by atoms with Crippen molar-refractivity contribution in [1.29, 1.82) is 0 Å². The number of nitrogen functional groups attached to an aromatic ring is 1. The Bertz CT molecular complexity index is 817. The maximum atomic E-state index is 6.11. The van der Waals surface area contributed by atoms with Gasteiger partial charge in [0.15, 0.2) is 5.65 Å². The van der Waals surface area contributed by atoms with Gasteiger partial charge in [0.1, 0.15) is 5.52 Å². The number of aromatic nitrogens is 3. The number of nitrogens with two attached hydrogens (primary N) is 1. The summed E-state index contributed by atoms with van der Waals surface area (Å²) in [5.74, 6) is 0.500. The second-order valence-corrected chi connectivity index (χ2v) is 5.41. The predicted molar refractivity (Wildman–Crippen MR) is 80.0 cm³/mol. The van der Waals surface area contributed by atoms with Crippen LogP contribution in [0.3, 0.4) is 0 Å². The number of rotatable bonds is 1. The van der Waals surface area contributed by atoms with Gasteiger partial charge in [0.05, 0.1) is 5.69 Å². The van der Waals surface area contributed by atoms with Gasteiger partial charge in [-0.3, -0.25) is 4.57 Å². The quantitative estimate of drug-likeness (QED) is 0.735. The molecule has 1 aromatic carbocycles. The molecule has 0 spiro atoms. The number of imidazole rings is 1. The van der Waals surface area contributed by atoms with Crippen LogP contribution >= 0.6 is 0 Å². The van der Waals surface area contributed by atoms with Gasteiger partial charge in [-0.05, 0) is 61.1 Å². The third kappa shape index (κ3) is 1.54. The second kappa shape index (κ2) is 4.07. The zero-order chi connectivity index (χ0) is 13.7. The van der Waals surface area contributed by atoms with Gasteiger partial charge in [0.25, 0.3) is 0 Å². The lowest BCUT2D eigenvalue weighted by atomic mass is 10.1. The van der Waals surface area contributed by atoms with E-state index in [2.05, 4.69) is 28.2 Å². The van der Waals surface area contributed by atoms with E-state index >= 15 is 0 Å². The molecule has 0 fully saturated rings. The molecule has 0 aliphatic heterocycles. The third-order valence-electron chi connectivity index (χ3n) is 4.11.